The second-order valence-electron chi connectivity index (χ2n) is 12.3. The molecule has 0 bridgehead atoms. The average Bonchev–Trinajstić information content (AvgIpc) is 2.94. The predicted molar refractivity (Wildman–Crippen MR) is 170 cm³/mol. The van der Waals surface area contributed by atoms with E-state index in [-0.39, 0.29) is 12.5 Å². The van der Waals surface area contributed by atoms with Crippen LogP contribution >= 0.6 is 0 Å². The molecule has 0 saturated heterocycles. The van der Waals surface area contributed by atoms with Gasteiger partial charge in [0.05, 0.1) is 18.8 Å². The van der Waals surface area contributed by atoms with E-state index in [9.17, 15) is 15.0 Å². The Morgan fingerprint density at radius 2 is 0.821 bits per heavy atom. The third-order valence-electron chi connectivity index (χ3n) is 8.37. The van der Waals surface area contributed by atoms with E-state index in [4.69, 9.17) is 0 Å². The van der Waals surface area contributed by atoms with E-state index in [0.29, 0.717) is 12.8 Å². The van der Waals surface area contributed by atoms with Crippen molar-refractivity contribution in [3.8, 4) is 0 Å². The van der Waals surface area contributed by atoms with Crippen molar-refractivity contribution in [2.24, 2.45) is 0 Å². The first-order valence-electron chi connectivity index (χ1n) is 17.7. The van der Waals surface area contributed by atoms with Crippen LogP contribution in [0.1, 0.15) is 200 Å². The zero-order valence-electron chi connectivity index (χ0n) is 26.7. The van der Waals surface area contributed by atoms with Crippen LogP contribution < -0.4 is 5.32 Å². The van der Waals surface area contributed by atoms with E-state index < -0.39 is 12.1 Å². The van der Waals surface area contributed by atoms with Crippen molar-refractivity contribution in [3.63, 3.8) is 0 Å². The number of carbonyl (C=O) groups excluding carboxylic acids is 1. The van der Waals surface area contributed by atoms with Crippen molar-refractivity contribution in [1.82, 2.24) is 5.32 Å². The molecule has 0 fully saturated rings. The van der Waals surface area contributed by atoms with Crippen LogP contribution in [0.25, 0.3) is 0 Å². The van der Waals surface area contributed by atoms with Crippen LogP contribution in [0.15, 0.2) is 0 Å². The molecule has 0 saturated carbocycles. The maximum absolute atomic E-state index is 12.3. The third-order valence-corrected chi connectivity index (χ3v) is 8.37. The van der Waals surface area contributed by atoms with Crippen LogP contribution in [0, 0.1) is 0 Å². The highest BCUT2D eigenvalue weighted by Gasteiger charge is 2.19. The van der Waals surface area contributed by atoms with Gasteiger partial charge < -0.3 is 15.5 Å². The summed E-state index contributed by atoms with van der Waals surface area (Å²) in [5.74, 6) is -0.0315. The average molecular weight is 554 g/mol. The van der Waals surface area contributed by atoms with Crippen molar-refractivity contribution < 1.29 is 15.0 Å². The second kappa shape index (κ2) is 31.9. The number of aliphatic hydroxyl groups is 2. The molecule has 0 aromatic rings. The number of hydrogen-bond donors (Lipinski definition) is 3. The highest BCUT2D eigenvalue weighted by molar-refractivity contribution is 5.76. The molecule has 0 aliphatic heterocycles. The van der Waals surface area contributed by atoms with E-state index in [2.05, 4.69) is 19.2 Å². The van der Waals surface area contributed by atoms with Crippen molar-refractivity contribution in [3.05, 3.63) is 0 Å². The van der Waals surface area contributed by atoms with Gasteiger partial charge in [0, 0.05) is 6.42 Å². The quantitative estimate of drug-likeness (QED) is 0.0726. The molecule has 0 aliphatic carbocycles. The molecule has 4 heteroatoms. The Morgan fingerprint density at radius 1 is 0.513 bits per heavy atom. The summed E-state index contributed by atoms with van der Waals surface area (Å²) in [7, 11) is 0. The van der Waals surface area contributed by atoms with E-state index in [1.807, 2.05) is 0 Å². The number of unbranched alkanes of at least 4 members (excludes halogenated alkanes) is 25. The van der Waals surface area contributed by atoms with Gasteiger partial charge in [-0.25, -0.2) is 0 Å². The van der Waals surface area contributed by atoms with Crippen LogP contribution in [0.2, 0.25) is 0 Å². The van der Waals surface area contributed by atoms with Gasteiger partial charge in [-0.2, -0.15) is 0 Å². The minimum Gasteiger partial charge on any atom is -0.394 e. The summed E-state index contributed by atoms with van der Waals surface area (Å²) in [6.45, 7) is 4.33. The molecule has 0 radical (unpaired) electrons. The van der Waals surface area contributed by atoms with Gasteiger partial charge in [0.1, 0.15) is 0 Å². The lowest BCUT2D eigenvalue weighted by atomic mass is 10.0. The number of aliphatic hydroxyl groups excluding tert-OH is 2. The molecule has 1 amide bonds. The number of carbonyl (C=O) groups is 1. The standard InChI is InChI=1S/C35H71NO3/c1-3-5-7-9-11-13-14-15-16-17-18-19-20-21-22-23-25-27-29-31-35(39)36-33(32-37)34(38)30-28-26-24-12-10-8-6-4-2/h33-34,37-38H,3-32H2,1-2H3,(H,36,39). The molecule has 39 heavy (non-hydrogen) atoms. The van der Waals surface area contributed by atoms with Crippen molar-refractivity contribution in [1.29, 1.82) is 0 Å². The molecule has 2 unspecified atom stereocenters. The van der Waals surface area contributed by atoms with Crippen LogP contribution in [0.5, 0.6) is 0 Å². The summed E-state index contributed by atoms with van der Waals surface area (Å²) in [4.78, 5) is 12.3. The van der Waals surface area contributed by atoms with Crippen LogP contribution in [0.4, 0.5) is 0 Å². The summed E-state index contributed by atoms with van der Waals surface area (Å²) in [5.41, 5.74) is 0. The molecule has 0 aromatic heterocycles. The van der Waals surface area contributed by atoms with Gasteiger partial charge in [-0.3, -0.25) is 4.79 Å². The Labute approximate surface area is 244 Å². The Morgan fingerprint density at radius 3 is 1.15 bits per heavy atom. The van der Waals surface area contributed by atoms with Gasteiger partial charge in [0.25, 0.3) is 0 Å². The maximum Gasteiger partial charge on any atom is 0.220 e. The van der Waals surface area contributed by atoms with E-state index in [1.165, 1.54) is 148 Å². The summed E-state index contributed by atoms with van der Waals surface area (Å²) in [6.07, 6.45) is 35.9. The lowest BCUT2D eigenvalue weighted by molar-refractivity contribution is -0.123. The fourth-order valence-corrected chi connectivity index (χ4v) is 5.59. The minimum absolute atomic E-state index is 0.0315. The summed E-state index contributed by atoms with van der Waals surface area (Å²) < 4.78 is 0. The molecular formula is C35H71NO3. The predicted octanol–water partition coefficient (Wildman–Crippen LogP) is 10.2. The second-order valence-corrected chi connectivity index (χ2v) is 12.3. The zero-order valence-corrected chi connectivity index (χ0v) is 26.7. The largest absolute Gasteiger partial charge is 0.394 e. The van der Waals surface area contributed by atoms with Crippen LogP contribution in [-0.4, -0.2) is 34.9 Å². The summed E-state index contributed by atoms with van der Waals surface area (Å²) in [6, 6.07) is -0.526. The fraction of sp³-hybridized carbons (Fsp3) is 0.971. The molecule has 0 rings (SSSR count). The molecule has 0 aliphatic rings. The first-order valence-corrected chi connectivity index (χ1v) is 17.7. The van der Waals surface area contributed by atoms with Crippen molar-refractivity contribution in [2.75, 3.05) is 6.61 Å². The Bertz CT molecular complexity index is 485. The minimum atomic E-state index is -0.649. The molecule has 0 heterocycles. The van der Waals surface area contributed by atoms with Gasteiger partial charge in [-0.1, -0.05) is 181 Å². The molecule has 0 aromatic carbocycles. The van der Waals surface area contributed by atoms with Gasteiger partial charge in [0.2, 0.25) is 5.91 Å². The molecule has 2 atom stereocenters. The van der Waals surface area contributed by atoms with Gasteiger partial charge in [-0.15, -0.1) is 0 Å². The number of amides is 1. The van der Waals surface area contributed by atoms with Crippen molar-refractivity contribution in [2.45, 2.75) is 212 Å². The van der Waals surface area contributed by atoms with Gasteiger partial charge in [-0.05, 0) is 12.8 Å². The normalized spacial score (nSPS) is 13.0. The first kappa shape index (κ1) is 38.4. The maximum atomic E-state index is 12.3. The van der Waals surface area contributed by atoms with Crippen molar-refractivity contribution >= 4 is 5.91 Å². The van der Waals surface area contributed by atoms with Crippen LogP contribution in [-0.2, 0) is 4.79 Å². The lowest BCUT2D eigenvalue weighted by Gasteiger charge is -2.22. The third kappa shape index (κ3) is 28.7. The summed E-state index contributed by atoms with van der Waals surface area (Å²) in [5, 5.41) is 22.9. The Kier molecular flexibility index (Phi) is 31.4. The SMILES string of the molecule is CCCCCCCCCCCCCCCCCCCCCC(=O)NC(CO)C(O)CCCCCCCCCC. The lowest BCUT2D eigenvalue weighted by Crippen LogP contribution is -2.45. The van der Waals surface area contributed by atoms with Crippen LogP contribution in [0.3, 0.4) is 0 Å². The fourth-order valence-electron chi connectivity index (χ4n) is 5.59. The Balaban J connectivity index is 3.46. The van der Waals surface area contributed by atoms with E-state index >= 15 is 0 Å². The van der Waals surface area contributed by atoms with E-state index in [0.717, 1.165) is 25.7 Å². The first-order chi connectivity index (χ1) is 19.2. The molecule has 4 nitrogen and oxygen atoms in total. The number of rotatable bonds is 32. The topological polar surface area (TPSA) is 69.6 Å². The van der Waals surface area contributed by atoms with Gasteiger partial charge in [0.15, 0.2) is 0 Å². The molecule has 234 valence electrons. The zero-order chi connectivity index (χ0) is 28.7. The van der Waals surface area contributed by atoms with E-state index in [1.54, 1.807) is 0 Å². The van der Waals surface area contributed by atoms with Gasteiger partial charge >= 0.3 is 0 Å². The monoisotopic (exact) mass is 554 g/mol. The smallest absolute Gasteiger partial charge is 0.220 e. The molecule has 3 N–H and O–H groups in total. The highest BCUT2D eigenvalue weighted by Crippen LogP contribution is 2.15. The number of hydrogen-bond acceptors (Lipinski definition) is 3. The molecular weight excluding hydrogens is 482 g/mol. The highest BCUT2D eigenvalue weighted by atomic mass is 16.3. The Hall–Kier alpha value is -0.610. The molecule has 0 spiro atoms. The summed E-state index contributed by atoms with van der Waals surface area (Å²) >= 11 is 0. The number of nitrogens with one attached hydrogen (secondary N) is 1.